The van der Waals surface area contributed by atoms with Crippen molar-refractivity contribution in [3.8, 4) is 11.5 Å². The average molecular weight is 421 g/mol. The number of rotatable bonds is 10. The van der Waals surface area contributed by atoms with Gasteiger partial charge in [-0.05, 0) is 36.8 Å². The Morgan fingerprint density at radius 3 is 2.45 bits per heavy atom. The lowest BCUT2D eigenvalue weighted by molar-refractivity contribution is -0.150. The van der Waals surface area contributed by atoms with Gasteiger partial charge in [0, 0.05) is 18.0 Å². The fraction of sp³-hybridized carbons (Fsp3) is 0.333. The number of methoxy groups -OCH3 is 2. The molecule has 2 aromatic carbocycles. The Hall–Kier alpha value is -2.74. The number of likely N-dealkylation sites (N-methyl/N-ethyl adjacent to an activating group) is 1. The van der Waals surface area contributed by atoms with E-state index in [0.717, 1.165) is 17.3 Å². The van der Waals surface area contributed by atoms with Crippen molar-refractivity contribution in [2.24, 2.45) is 0 Å². The fourth-order valence-corrected chi connectivity index (χ4v) is 3.29. The molecule has 29 heavy (non-hydrogen) atoms. The lowest BCUT2D eigenvalue weighted by Gasteiger charge is -2.21. The van der Waals surface area contributed by atoms with Gasteiger partial charge in [0.1, 0.15) is 5.82 Å². The molecule has 0 fully saturated rings. The number of benzene rings is 2. The maximum absolute atomic E-state index is 13.6. The summed E-state index contributed by atoms with van der Waals surface area (Å²) in [6, 6.07) is 11.6. The van der Waals surface area contributed by atoms with Crippen LogP contribution in [0.5, 0.6) is 11.5 Å². The normalized spacial score (nSPS) is 10.3. The van der Waals surface area contributed by atoms with E-state index in [4.69, 9.17) is 14.2 Å². The molecule has 0 aliphatic heterocycles. The van der Waals surface area contributed by atoms with Crippen LogP contribution in [0.1, 0.15) is 12.5 Å². The van der Waals surface area contributed by atoms with Gasteiger partial charge in [0.05, 0.1) is 20.0 Å². The van der Waals surface area contributed by atoms with Crippen molar-refractivity contribution in [2.75, 3.05) is 33.1 Å². The summed E-state index contributed by atoms with van der Waals surface area (Å²) in [5.41, 5.74) is 0.860. The molecule has 0 aliphatic rings. The number of thioether (sulfide) groups is 1. The van der Waals surface area contributed by atoms with Crippen molar-refractivity contribution in [3.05, 3.63) is 53.8 Å². The van der Waals surface area contributed by atoms with E-state index in [-0.39, 0.29) is 18.3 Å². The molecule has 0 spiro atoms. The first-order valence-corrected chi connectivity index (χ1v) is 9.98. The number of nitrogens with zero attached hydrogens (tertiary/aromatic N) is 1. The van der Waals surface area contributed by atoms with E-state index < -0.39 is 11.8 Å². The number of hydrogen-bond acceptors (Lipinski definition) is 6. The molecule has 6 nitrogen and oxygen atoms in total. The molecule has 0 aliphatic carbocycles. The number of ether oxygens (including phenoxy) is 3. The highest BCUT2D eigenvalue weighted by atomic mass is 32.2. The van der Waals surface area contributed by atoms with Gasteiger partial charge in [-0.1, -0.05) is 18.2 Å². The molecule has 0 heterocycles. The summed E-state index contributed by atoms with van der Waals surface area (Å²) in [6.07, 6.45) is 0. The van der Waals surface area contributed by atoms with Crippen LogP contribution >= 0.6 is 11.8 Å². The lowest BCUT2D eigenvalue weighted by Crippen LogP contribution is -2.34. The summed E-state index contributed by atoms with van der Waals surface area (Å²) in [6.45, 7) is 2.28. The molecular weight excluding hydrogens is 397 g/mol. The molecule has 0 N–H and O–H groups in total. The monoisotopic (exact) mass is 421 g/mol. The summed E-state index contributed by atoms with van der Waals surface area (Å²) < 4.78 is 29.1. The van der Waals surface area contributed by atoms with Crippen LogP contribution in [-0.4, -0.2) is 49.9 Å². The first kappa shape index (κ1) is 22.5. The van der Waals surface area contributed by atoms with E-state index in [0.29, 0.717) is 29.5 Å². The Morgan fingerprint density at radius 1 is 1.07 bits per heavy atom. The Bertz CT molecular complexity index is 846. The molecule has 2 rings (SSSR count). The summed E-state index contributed by atoms with van der Waals surface area (Å²) in [4.78, 5) is 26.2. The average Bonchev–Trinajstić information content (AvgIpc) is 2.74. The van der Waals surface area contributed by atoms with Crippen LogP contribution in [0.4, 0.5) is 4.39 Å². The first-order chi connectivity index (χ1) is 14.0. The maximum atomic E-state index is 13.6. The molecule has 0 unspecified atom stereocenters. The van der Waals surface area contributed by atoms with Crippen LogP contribution in [0.15, 0.2) is 47.4 Å². The van der Waals surface area contributed by atoms with Crippen molar-refractivity contribution in [2.45, 2.75) is 18.4 Å². The highest BCUT2D eigenvalue weighted by molar-refractivity contribution is 8.00. The molecule has 0 atom stereocenters. The van der Waals surface area contributed by atoms with E-state index in [9.17, 15) is 14.0 Å². The second-order valence-corrected chi connectivity index (χ2v) is 6.99. The van der Waals surface area contributed by atoms with Gasteiger partial charge < -0.3 is 19.1 Å². The zero-order valence-electron chi connectivity index (χ0n) is 16.6. The Labute approximate surface area is 173 Å². The van der Waals surface area contributed by atoms with Crippen LogP contribution in [0.3, 0.4) is 0 Å². The van der Waals surface area contributed by atoms with Gasteiger partial charge in [-0.15, -0.1) is 11.8 Å². The van der Waals surface area contributed by atoms with Gasteiger partial charge in [0.15, 0.2) is 18.1 Å². The van der Waals surface area contributed by atoms with Crippen LogP contribution in [-0.2, 0) is 20.9 Å². The van der Waals surface area contributed by atoms with E-state index in [1.807, 2.05) is 13.0 Å². The van der Waals surface area contributed by atoms with Crippen molar-refractivity contribution < 1.29 is 28.2 Å². The number of halogens is 1. The van der Waals surface area contributed by atoms with Crippen LogP contribution in [0.2, 0.25) is 0 Å². The largest absolute Gasteiger partial charge is 0.493 e. The first-order valence-electron chi connectivity index (χ1n) is 9.00. The minimum atomic E-state index is -0.575. The second kappa shape index (κ2) is 11.3. The number of hydrogen-bond donors (Lipinski definition) is 0. The van der Waals surface area contributed by atoms with Crippen molar-refractivity contribution >= 4 is 23.6 Å². The van der Waals surface area contributed by atoms with Crippen LogP contribution in [0, 0.1) is 5.82 Å². The van der Waals surface area contributed by atoms with Crippen molar-refractivity contribution in [1.29, 1.82) is 0 Å². The number of carbonyl (C=O) groups excluding carboxylic acids is 2. The molecule has 0 bridgehead atoms. The number of amides is 1. The quantitative estimate of drug-likeness (QED) is 0.432. The SMILES string of the molecule is CCN(Cc1ccc(OC)c(OC)c1)C(=O)COC(=O)CSc1ccccc1F. The third-order valence-electron chi connectivity index (χ3n) is 4.09. The lowest BCUT2D eigenvalue weighted by atomic mass is 10.2. The van der Waals surface area contributed by atoms with Crippen LogP contribution < -0.4 is 9.47 Å². The van der Waals surface area contributed by atoms with Crippen molar-refractivity contribution in [3.63, 3.8) is 0 Å². The van der Waals surface area contributed by atoms with E-state index in [1.54, 1.807) is 49.5 Å². The molecule has 0 radical (unpaired) electrons. The third-order valence-corrected chi connectivity index (χ3v) is 5.12. The minimum absolute atomic E-state index is 0.0734. The summed E-state index contributed by atoms with van der Waals surface area (Å²) in [5, 5.41) is 0. The van der Waals surface area contributed by atoms with Gasteiger partial charge in [-0.2, -0.15) is 0 Å². The molecule has 2 aromatic rings. The highest BCUT2D eigenvalue weighted by Gasteiger charge is 2.16. The van der Waals surface area contributed by atoms with E-state index >= 15 is 0 Å². The molecule has 156 valence electrons. The third kappa shape index (κ3) is 6.67. The molecule has 0 aromatic heterocycles. The molecule has 0 saturated carbocycles. The van der Waals surface area contributed by atoms with Gasteiger partial charge in [0.2, 0.25) is 0 Å². The van der Waals surface area contributed by atoms with Gasteiger partial charge in [-0.3, -0.25) is 9.59 Å². The standard InChI is InChI=1S/C21H24FNO5S/c1-4-23(12-15-9-10-17(26-2)18(11-15)27-3)20(24)13-28-21(25)14-29-19-8-6-5-7-16(19)22/h5-11H,4,12-14H2,1-3H3. The highest BCUT2D eigenvalue weighted by Crippen LogP contribution is 2.28. The van der Waals surface area contributed by atoms with Gasteiger partial charge in [-0.25, -0.2) is 4.39 Å². The Kier molecular flexibility index (Phi) is 8.79. The predicted octanol–water partition coefficient (Wildman–Crippen LogP) is 3.53. The Morgan fingerprint density at radius 2 is 1.79 bits per heavy atom. The van der Waals surface area contributed by atoms with Crippen LogP contribution in [0.25, 0.3) is 0 Å². The van der Waals surface area contributed by atoms with Gasteiger partial charge >= 0.3 is 5.97 Å². The zero-order valence-corrected chi connectivity index (χ0v) is 17.5. The topological polar surface area (TPSA) is 65.1 Å². The summed E-state index contributed by atoms with van der Waals surface area (Å²) in [7, 11) is 3.10. The maximum Gasteiger partial charge on any atom is 0.316 e. The number of carbonyl (C=O) groups is 2. The Balaban J connectivity index is 1.86. The van der Waals surface area contributed by atoms with Gasteiger partial charge in [0.25, 0.3) is 5.91 Å². The second-order valence-electron chi connectivity index (χ2n) is 5.98. The number of esters is 1. The molecular formula is C21H24FNO5S. The fourth-order valence-electron chi connectivity index (χ4n) is 2.55. The predicted molar refractivity (Wildman–Crippen MR) is 109 cm³/mol. The molecule has 8 heteroatoms. The van der Waals surface area contributed by atoms with Crippen molar-refractivity contribution in [1.82, 2.24) is 4.90 Å². The summed E-state index contributed by atoms with van der Waals surface area (Å²) in [5.74, 6) is -0.179. The summed E-state index contributed by atoms with van der Waals surface area (Å²) >= 11 is 1.03. The zero-order chi connectivity index (χ0) is 21.2. The van der Waals surface area contributed by atoms with E-state index in [1.165, 1.54) is 6.07 Å². The minimum Gasteiger partial charge on any atom is -0.493 e. The molecule has 1 amide bonds. The smallest absolute Gasteiger partial charge is 0.316 e. The molecule has 0 saturated heterocycles. The van der Waals surface area contributed by atoms with E-state index in [2.05, 4.69) is 0 Å².